The number of rotatable bonds is 12. The maximum atomic E-state index is 14.2. The number of aromatic hydroxyl groups is 1. The second-order valence-electron chi connectivity index (χ2n) is 11.1. The molecule has 0 saturated carbocycles. The van der Waals surface area contributed by atoms with Crippen LogP contribution in [0.2, 0.25) is 5.02 Å². The number of ether oxygens (including phenoxy) is 4. The highest BCUT2D eigenvalue weighted by Crippen LogP contribution is 2.36. The molecule has 4 amide bonds. The van der Waals surface area contributed by atoms with Crippen LogP contribution in [0.15, 0.2) is 48.5 Å². The van der Waals surface area contributed by atoms with Crippen molar-refractivity contribution < 1.29 is 48.3 Å². The quantitative estimate of drug-likeness (QED) is 0.244. The molecule has 3 aromatic rings. The number of hydrogen-bond acceptors (Lipinski definition) is 9. The molecule has 14 heteroatoms. The van der Waals surface area contributed by atoms with E-state index in [9.17, 15) is 29.4 Å². The zero-order valence-corrected chi connectivity index (χ0v) is 28.0. The molecule has 1 saturated heterocycles. The summed E-state index contributed by atoms with van der Waals surface area (Å²) in [5.41, 5.74) is 1.20. The van der Waals surface area contributed by atoms with E-state index in [0.717, 1.165) is 4.90 Å². The first-order valence-electron chi connectivity index (χ1n) is 15.0. The predicted molar refractivity (Wildman–Crippen MR) is 175 cm³/mol. The van der Waals surface area contributed by atoms with Gasteiger partial charge in [-0.1, -0.05) is 24.6 Å². The van der Waals surface area contributed by atoms with Gasteiger partial charge in [-0.05, 0) is 54.3 Å². The maximum Gasteiger partial charge on any atom is 0.339 e. The van der Waals surface area contributed by atoms with Gasteiger partial charge >= 0.3 is 12.0 Å². The van der Waals surface area contributed by atoms with Crippen molar-refractivity contribution in [2.75, 3.05) is 41.5 Å². The summed E-state index contributed by atoms with van der Waals surface area (Å²) >= 11 is 6.29. The molecule has 2 atom stereocenters. The lowest BCUT2D eigenvalue weighted by atomic mass is 9.96. The van der Waals surface area contributed by atoms with E-state index in [0.29, 0.717) is 51.1 Å². The van der Waals surface area contributed by atoms with Crippen LogP contribution in [-0.4, -0.2) is 85.4 Å². The number of hydrogen-bond donors (Lipinski definition) is 3. The van der Waals surface area contributed by atoms with Crippen molar-refractivity contribution in [3.63, 3.8) is 0 Å². The molecule has 0 aromatic heterocycles. The van der Waals surface area contributed by atoms with Crippen LogP contribution in [-0.2, 0) is 22.6 Å². The van der Waals surface area contributed by atoms with Gasteiger partial charge in [-0.2, -0.15) is 0 Å². The molecule has 3 N–H and O–H groups in total. The fourth-order valence-corrected chi connectivity index (χ4v) is 5.84. The summed E-state index contributed by atoms with van der Waals surface area (Å²) in [5, 5.41) is 22.6. The van der Waals surface area contributed by atoms with Crippen molar-refractivity contribution in [3.8, 4) is 28.7 Å². The van der Waals surface area contributed by atoms with Gasteiger partial charge in [0.15, 0.2) is 0 Å². The minimum absolute atomic E-state index is 0.00977. The highest BCUT2D eigenvalue weighted by atomic mass is 35.5. The van der Waals surface area contributed by atoms with Crippen molar-refractivity contribution in [2.24, 2.45) is 5.92 Å². The fraction of sp³-hybridized carbons (Fsp3) is 0.353. The fourth-order valence-electron chi connectivity index (χ4n) is 5.64. The summed E-state index contributed by atoms with van der Waals surface area (Å²) < 4.78 is 22.0. The third kappa shape index (κ3) is 7.85. The number of amides is 4. The van der Waals surface area contributed by atoms with E-state index in [4.69, 9.17) is 30.5 Å². The Balaban J connectivity index is 1.71. The monoisotopic (exact) mass is 683 g/mol. The summed E-state index contributed by atoms with van der Waals surface area (Å²) in [7, 11) is 5.94. The summed E-state index contributed by atoms with van der Waals surface area (Å²) in [6.07, 6.45) is 0.405. The number of urea groups is 1. The van der Waals surface area contributed by atoms with E-state index in [-0.39, 0.29) is 25.1 Å². The molecule has 0 unspecified atom stereocenters. The Morgan fingerprint density at radius 1 is 0.958 bits per heavy atom. The van der Waals surface area contributed by atoms with E-state index in [1.165, 1.54) is 51.5 Å². The minimum atomic E-state index is -1.34. The first kappa shape index (κ1) is 35.7. The molecule has 48 heavy (non-hydrogen) atoms. The molecule has 0 bridgehead atoms. The summed E-state index contributed by atoms with van der Waals surface area (Å²) in [6, 6.07) is 10.7. The second-order valence-corrected chi connectivity index (χ2v) is 11.5. The zero-order chi connectivity index (χ0) is 35.1. The predicted octanol–water partition coefficient (Wildman–Crippen LogP) is 4.67. The molecule has 1 aliphatic heterocycles. The topological polar surface area (TPSA) is 164 Å². The molecule has 0 spiro atoms. The molecule has 1 heterocycles. The number of nitrogens with one attached hydrogen (secondary N) is 1. The Hall–Kier alpha value is -5.17. The van der Waals surface area contributed by atoms with E-state index < -0.39 is 48.1 Å². The number of halogens is 1. The first-order valence-corrected chi connectivity index (χ1v) is 15.4. The molecule has 13 nitrogen and oxygen atoms in total. The number of phenols is 1. The molecular weight excluding hydrogens is 646 g/mol. The lowest BCUT2D eigenvalue weighted by Crippen LogP contribution is -2.48. The van der Waals surface area contributed by atoms with Crippen molar-refractivity contribution in [1.29, 1.82) is 0 Å². The normalized spacial score (nSPS) is 15.4. The van der Waals surface area contributed by atoms with E-state index in [2.05, 4.69) is 5.32 Å². The molecule has 1 fully saturated rings. The van der Waals surface area contributed by atoms with Crippen molar-refractivity contribution in [3.05, 3.63) is 75.8 Å². The molecular formula is C34H38ClN3O10. The average molecular weight is 684 g/mol. The number of carbonyl (C=O) groups is 4. The Kier molecular flexibility index (Phi) is 11.6. The SMILES string of the molecule is CC[C@@H](NC(=O)N1CC(=O)N(Cc2c(OC)cc(OC)cc2OC)C[C@@H](Cc2cc(Cl)ccc2OC)C1=O)c1ccc(O)c(C(=O)O)c1. The number of carboxylic acids is 1. The Morgan fingerprint density at radius 3 is 2.21 bits per heavy atom. The van der Waals surface area contributed by atoms with Crippen molar-refractivity contribution >= 4 is 35.4 Å². The van der Waals surface area contributed by atoms with Gasteiger partial charge in [-0.25, -0.2) is 9.59 Å². The van der Waals surface area contributed by atoms with Gasteiger partial charge in [0.2, 0.25) is 11.8 Å². The Labute approximate surface area is 282 Å². The number of imide groups is 1. The van der Waals surface area contributed by atoms with Gasteiger partial charge < -0.3 is 39.4 Å². The van der Waals surface area contributed by atoms with Gasteiger partial charge in [-0.3, -0.25) is 14.5 Å². The summed E-state index contributed by atoms with van der Waals surface area (Å²) in [5.74, 6) is -2.02. The van der Waals surface area contributed by atoms with Crippen LogP contribution in [0.1, 0.15) is 46.4 Å². The zero-order valence-electron chi connectivity index (χ0n) is 27.2. The van der Waals surface area contributed by atoms with Gasteiger partial charge in [-0.15, -0.1) is 0 Å². The van der Waals surface area contributed by atoms with Crippen LogP contribution < -0.4 is 24.3 Å². The number of nitrogens with zero attached hydrogens (tertiary/aromatic N) is 2. The second kappa shape index (κ2) is 15.6. The van der Waals surface area contributed by atoms with Crippen LogP contribution >= 0.6 is 11.6 Å². The highest BCUT2D eigenvalue weighted by molar-refractivity contribution is 6.30. The van der Waals surface area contributed by atoms with Crippen molar-refractivity contribution in [2.45, 2.75) is 32.4 Å². The highest BCUT2D eigenvalue weighted by Gasteiger charge is 2.39. The van der Waals surface area contributed by atoms with E-state index in [1.54, 1.807) is 37.3 Å². The summed E-state index contributed by atoms with van der Waals surface area (Å²) in [6.45, 7) is 1.12. The van der Waals surface area contributed by atoms with Crippen LogP contribution in [0.4, 0.5) is 4.79 Å². The lowest BCUT2D eigenvalue weighted by Gasteiger charge is -2.26. The van der Waals surface area contributed by atoms with E-state index >= 15 is 0 Å². The van der Waals surface area contributed by atoms with Crippen LogP contribution in [0.5, 0.6) is 28.7 Å². The Morgan fingerprint density at radius 2 is 1.62 bits per heavy atom. The van der Waals surface area contributed by atoms with Gasteiger partial charge in [0.25, 0.3) is 0 Å². The first-order chi connectivity index (χ1) is 22.9. The number of carbonyl (C=O) groups excluding carboxylic acids is 3. The number of benzene rings is 3. The van der Waals surface area contributed by atoms with Crippen LogP contribution in [0, 0.1) is 5.92 Å². The standard InChI is InChI=1S/C34H38ClN3O10/c1-6-26(19-7-9-27(39)24(13-19)33(42)43)36-34(44)38-18-31(40)37(17-25-29(47-4)14-23(45-2)15-30(25)48-5)16-21(32(38)41)11-20-12-22(35)8-10-28(20)46-3/h7-10,12-15,21,26,39H,6,11,16-18H2,1-5H3,(H,36,44)(H,42,43)/t21-,26-/m1/s1. The molecule has 0 aliphatic carbocycles. The molecule has 1 aliphatic rings. The maximum absolute atomic E-state index is 14.2. The van der Waals surface area contributed by atoms with Gasteiger partial charge in [0.05, 0.1) is 52.5 Å². The van der Waals surface area contributed by atoms with Crippen LogP contribution in [0.25, 0.3) is 0 Å². The van der Waals surface area contributed by atoms with Crippen molar-refractivity contribution in [1.82, 2.24) is 15.1 Å². The number of carboxylic acid groups (broad SMARTS) is 1. The third-order valence-electron chi connectivity index (χ3n) is 8.18. The van der Waals surface area contributed by atoms with Gasteiger partial charge in [0.1, 0.15) is 40.9 Å². The molecule has 3 aromatic carbocycles. The number of methoxy groups -OCH3 is 4. The molecule has 0 radical (unpaired) electrons. The summed E-state index contributed by atoms with van der Waals surface area (Å²) in [4.78, 5) is 55.8. The molecule has 256 valence electrons. The smallest absolute Gasteiger partial charge is 0.339 e. The molecule has 4 rings (SSSR count). The van der Waals surface area contributed by atoms with Gasteiger partial charge in [0, 0.05) is 23.7 Å². The third-order valence-corrected chi connectivity index (χ3v) is 8.42. The minimum Gasteiger partial charge on any atom is -0.507 e. The lowest BCUT2D eigenvalue weighted by molar-refractivity contribution is -0.135. The Bertz CT molecular complexity index is 1670. The average Bonchev–Trinajstić information content (AvgIpc) is 3.19. The van der Waals surface area contributed by atoms with E-state index in [1.807, 2.05) is 0 Å². The largest absolute Gasteiger partial charge is 0.507 e. The number of aromatic carboxylic acids is 1. The van der Waals surface area contributed by atoms with Crippen LogP contribution in [0.3, 0.4) is 0 Å².